The normalized spacial score (nSPS) is 12.2. The summed E-state index contributed by atoms with van der Waals surface area (Å²) in [5.74, 6) is -0.603. The van der Waals surface area contributed by atoms with Crippen LogP contribution in [0, 0.1) is 0 Å². The molecule has 0 unspecified atom stereocenters. The molecule has 0 atom stereocenters. The van der Waals surface area contributed by atoms with Crippen LogP contribution in [-0.2, 0) is 11.2 Å². The number of rotatable bonds is 6. The molecule has 3 aromatic rings. The number of fused-ring (bicyclic) bond motifs is 1. The fourth-order valence-corrected chi connectivity index (χ4v) is 3.79. The Hall–Kier alpha value is -3.55. The number of benzene rings is 2. The zero-order chi connectivity index (χ0) is 23.4. The van der Waals surface area contributed by atoms with Crippen LogP contribution in [0.5, 0.6) is 0 Å². The van der Waals surface area contributed by atoms with Crippen molar-refractivity contribution in [2.24, 2.45) is 0 Å². The molecule has 4 rings (SSSR count). The Morgan fingerprint density at radius 1 is 1.09 bits per heavy atom. The first-order valence-electron chi connectivity index (χ1n) is 10.2. The molecule has 1 aliphatic heterocycles. The van der Waals surface area contributed by atoms with E-state index >= 15 is 0 Å². The van der Waals surface area contributed by atoms with E-state index in [9.17, 15) is 9.59 Å². The molecule has 0 saturated heterocycles. The standard InChI is InChI=1S/C24H21Cl2N5O2/c25-18-5-4-15(23(32)29-9-6-14-2-1-3-19(26)22(14)27)11-21(18)31-24(33)17-10-16-12-28-8-7-20(16)30-13-17/h1-5,7-8,10-12,30H,6,9,13,27H2,(H,29,32)(H,31,33). The lowest BCUT2D eigenvalue weighted by Gasteiger charge is -2.18. The molecule has 168 valence electrons. The van der Waals surface area contributed by atoms with Crippen molar-refractivity contribution < 1.29 is 9.59 Å². The number of anilines is 3. The van der Waals surface area contributed by atoms with Gasteiger partial charge in [0.05, 0.1) is 21.4 Å². The summed E-state index contributed by atoms with van der Waals surface area (Å²) < 4.78 is 0. The van der Waals surface area contributed by atoms with E-state index in [0.717, 1.165) is 16.8 Å². The maximum atomic E-state index is 12.8. The summed E-state index contributed by atoms with van der Waals surface area (Å²) in [6, 6.07) is 12.0. The summed E-state index contributed by atoms with van der Waals surface area (Å²) in [4.78, 5) is 29.5. The van der Waals surface area contributed by atoms with Crippen molar-refractivity contribution in [1.29, 1.82) is 0 Å². The van der Waals surface area contributed by atoms with Gasteiger partial charge in [0.1, 0.15) is 0 Å². The van der Waals surface area contributed by atoms with Crippen molar-refractivity contribution in [3.8, 4) is 0 Å². The molecule has 2 amide bonds. The van der Waals surface area contributed by atoms with Gasteiger partial charge >= 0.3 is 0 Å². The van der Waals surface area contributed by atoms with Crippen molar-refractivity contribution in [3.63, 3.8) is 0 Å². The van der Waals surface area contributed by atoms with E-state index < -0.39 is 0 Å². The maximum Gasteiger partial charge on any atom is 0.253 e. The van der Waals surface area contributed by atoms with Gasteiger partial charge < -0.3 is 21.7 Å². The summed E-state index contributed by atoms with van der Waals surface area (Å²) in [6.07, 6.45) is 5.68. The van der Waals surface area contributed by atoms with Crippen molar-refractivity contribution in [3.05, 3.63) is 87.2 Å². The number of nitrogens with one attached hydrogen (secondary N) is 3. The third-order valence-corrected chi connectivity index (χ3v) is 5.90. The summed E-state index contributed by atoms with van der Waals surface area (Å²) in [6.45, 7) is 0.743. The number of amides is 2. The largest absolute Gasteiger partial charge is 0.397 e. The summed E-state index contributed by atoms with van der Waals surface area (Å²) in [5.41, 5.74) is 10.3. The average Bonchev–Trinajstić information content (AvgIpc) is 2.82. The Labute approximate surface area is 201 Å². The highest BCUT2D eigenvalue weighted by Crippen LogP contribution is 2.26. The Balaban J connectivity index is 1.41. The molecule has 1 aliphatic rings. The smallest absolute Gasteiger partial charge is 0.253 e. The van der Waals surface area contributed by atoms with Crippen LogP contribution in [0.25, 0.3) is 6.08 Å². The van der Waals surface area contributed by atoms with Crippen LogP contribution >= 0.6 is 23.2 Å². The fraction of sp³-hybridized carbons (Fsp3) is 0.125. The van der Waals surface area contributed by atoms with Gasteiger partial charge in [-0.1, -0.05) is 35.3 Å². The zero-order valence-electron chi connectivity index (χ0n) is 17.5. The first-order chi connectivity index (χ1) is 15.9. The Morgan fingerprint density at radius 3 is 2.79 bits per heavy atom. The second-order valence-electron chi connectivity index (χ2n) is 7.45. The predicted molar refractivity (Wildman–Crippen MR) is 133 cm³/mol. The van der Waals surface area contributed by atoms with E-state index in [1.807, 2.05) is 18.2 Å². The molecule has 0 spiro atoms. The Kier molecular flexibility index (Phi) is 6.82. The van der Waals surface area contributed by atoms with E-state index in [0.29, 0.717) is 52.1 Å². The van der Waals surface area contributed by atoms with Gasteiger partial charge in [0.2, 0.25) is 0 Å². The molecular formula is C24H21Cl2N5O2. The lowest BCUT2D eigenvalue weighted by Crippen LogP contribution is -2.26. The van der Waals surface area contributed by atoms with Gasteiger partial charge in [0.25, 0.3) is 11.8 Å². The molecular weight excluding hydrogens is 461 g/mol. The lowest BCUT2D eigenvalue weighted by atomic mass is 10.1. The third kappa shape index (κ3) is 5.27. The number of carbonyl (C=O) groups is 2. The van der Waals surface area contributed by atoms with Crippen molar-refractivity contribution in [1.82, 2.24) is 10.3 Å². The molecule has 2 aromatic carbocycles. The second-order valence-corrected chi connectivity index (χ2v) is 8.27. The number of hydrogen-bond donors (Lipinski definition) is 4. The number of nitrogen functional groups attached to an aromatic ring is 1. The zero-order valence-corrected chi connectivity index (χ0v) is 19.0. The molecule has 0 saturated carbocycles. The van der Waals surface area contributed by atoms with Gasteiger partial charge in [-0.05, 0) is 48.4 Å². The van der Waals surface area contributed by atoms with Crippen LogP contribution < -0.4 is 21.7 Å². The number of nitrogens with zero attached hydrogens (tertiary/aromatic N) is 1. The number of aromatic nitrogens is 1. The molecule has 0 bridgehead atoms. The van der Waals surface area contributed by atoms with E-state index in [4.69, 9.17) is 28.9 Å². The van der Waals surface area contributed by atoms with Gasteiger partial charge in [-0.15, -0.1) is 0 Å². The number of carbonyl (C=O) groups excluding carboxylic acids is 2. The van der Waals surface area contributed by atoms with Crippen molar-refractivity contribution >= 4 is 58.2 Å². The number of pyridine rings is 1. The second kappa shape index (κ2) is 9.94. The SMILES string of the molecule is Nc1c(Cl)cccc1CCNC(=O)c1ccc(Cl)c(NC(=O)C2=Cc3cnccc3NC2)c1. The van der Waals surface area contributed by atoms with Crippen LogP contribution in [0.15, 0.2) is 60.4 Å². The summed E-state index contributed by atoms with van der Waals surface area (Å²) in [5, 5.41) is 9.64. The van der Waals surface area contributed by atoms with Crippen molar-refractivity contribution in [2.45, 2.75) is 6.42 Å². The molecule has 0 aliphatic carbocycles. The Bertz CT molecular complexity index is 1260. The predicted octanol–water partition coefficient (Wildman–Crippen LogP) is 4.39. The number of halogens is 2. The van der Waals surface area contributed by atoms with Gasteiger partial charge in [0.15, 0.2) is 0 Å². The topological polar surface area (TPSA) is 109 Å². The van der Waals surface area contributed by atoms with Gasteiger partial charge in [-0.3, -0.25) is 14.6 Å². The number of hydrogen-bond acceptors (Lipinski definition) is 5. The molecule has 5 N–H and O–H groups in total. The molecule has 2 heterocycles. The molecule has 33 heavy (non-hydrogen) atoms. The van der Waals surface area contributed by atoms with Gasteiger partial charge in [-0.25, -0.2) is 0 Å². The number of nitrogens with two attached hydrogens (primary N) is 1. The fourth-order valence-electron chi connectivity index (χ4n) is 3.44. The lowest BCUT2D eigenvalue weighted by molar-refractivity contribution is -0.112. The monoisotopic (exact) mass is 481 g/mol. The minimum absolute atomic E-state index is 0.290. The average molecular weight is 482 g/mol. The summed E-state index contributed by atoms with van der Waals surface area (Å²) >= 11 is 12.3. The first-order valence-corrected chi connectivity index (χ1v) is 11.0. The van der Waals surface area contributed by atoms with Gasteiger partial charge in [0, 0.05) is 47.9 Å². The van der Waals surface area contributed by atoms with E-state index in [1.165, 1.54) is 0 Å². The van der Waals surface area contributed by atoms with Crippen LogP contribution in [0.1, 0.15) is 21.5 Å². The maximum absolute atomic E-state index is 12.8. The highest BCUT2D eigenvalue weighted by atomic mass is 35.5. The van der Waals surface area contributed by atoms with E-state index in [1.54, 1.807) is 42.7 Å². The van der Waals surface area contributed by atoms with E-state index in [-0.39, 0.29) is 11.8 Å². The highest BCUT2D eigenvalue weighted by Gasteiger charge is 2.18. The summed E-state index contributed by atoms with van der Waals surface area (Å²) in [7, 11) is 0. The quantitative estimate of drug-likeness (QED) is 0.390. The molecule has 0 radical (unpaired) electrons. The molecule has 0 fully saturated rings. The van der Waals surface area contributed by atoms with E-state index in [2.05, 4.69) is 20.9 Å². The molecule has 7 nitrogen and oxygen atoms in total. The first kappa shape index (κ1) is 22.6. The Morgan fingerprint density at radius 2 is 1.94 bits per heavy atom. The minimum atomic E-state index is -0.312. The van der Waals surface area contributed by atoms with Crippen LogP contribution in [-0.4, -0.2) is 29.9 Å². The van der Waals surface area contributed by atoms with Crippen LogP contribution in [0.2, 0.25) is 10.0 Å². The molecule has 1 aromatic heterocycles. The third-order valence-electron chi connectivity index (χ3n) is 5.24. The highest BCUT2D eigenvalue weighted by molar-refractivity contribution is 6.34. The minimum Gasteiger partial charge on any atom is -0.397 e. The number of para-hydroxylation sites is 1. The van der Waals surface area contributed by atoms with Gasteiger partial charge in [-0.2, -0.15) is 0 Å². The van der Waals surface area contributed by atoms with Crippen LogP contribution in [0.4, 0.5) is 17.1 Å². The van der Waals surface area contributed by atoms with Crippen LogP contribution in [0.3, 0.4) is 0 Å². The van der Waals surface area contributed by atoms with Crippen molar-refractivity contribution in [2.75, 3.05) is 29.5 Å². The molecule has 9 heteroatoms.